The smallest absolute Gasteiger partial charge is 0.248 e. The molecule has 10 rings (SSSR count). The number of aromatic nitrogens is 3. The maximum absolute atomic E-state index is 14.1. The van der Waals surface area contributed by atoms with Crippen LogP contribution in [0.15, 0.2) is 92.7 Å². The number of alkyl halides is 2. The maximum atomic E-state index is 14.1. The highest BCUT2D eigenvalue weighted by atomic mass is 79.9. The summed E-state index contributed by atoms with van der Waals surface area (Å²) in [5.74, 6) is -1.42. The van der Waals surface area contributed by atoms with Crippen LogP contribution in [0.5, 0.6) is 0 Å². The summed E-state index contributed by atoms with van der Waals surface area (Å²) < 4.78 is 39.1. The molecule has 3 atom stereocenters. The number of hydrogen-bond acceptors (Lipinski definition) is 0. The third-order valence-electron chi connectivity index (χ3n) is 13.8. The lowest BCUT2D eigenvalue weighted by Gasteiger charge is -2.32. The number of nitrogens with zero attached hydrogens (tertiary/aromatic N) is 3. The van der Waals surface area contributed by atoms with Crippen LogP contribution in [0.3, 0.4) is 0 Å². The van der Waals surface area contributed by atoms with E-state index in [9.17, 15) is 8.78 Å². The summed E-state index contributed by atoms with van der Waals surface area (Å²) in [6.07, 6.45) is 19.3. The fourth-order valence-corrected chi connectivity index (χ4v) is 12.0. The fraction of sp³-hybridized carbons (Fsp3) is 0.455. The first kappa shape index (κ1) is 34.1. The number of halogens is 5. The second-order valence-electron chi connectivity index (χ2n) is 16.7. The van der Waals surface area contributed by atoms with Crippen LogP contribution in [0.1, 0.15) is 125 Å². The van der Waals surface area contributed by atoms with Crippen molar-refractivity contribution in [3.63, 3.8) is 0 Å². The third-order valence-corrected chi connectivity index (χ3v) is 15.3. The highest BCUT2D eigenvalue weighted by Crippen LogP contribution is 2.68. The number of benzene rings is 3. The van der Waals surface area contributed by atoms with E-state index < -0.39 is 5.92 Å². The predicted octanol–water partition coefficient (Wildman–Crippen LogP) is 14.8. The quantitative estimate of drug-likeness (QED) is 0.164. The van der Waals surface area contributed by atoms with Gasteiger partial charge in [-0.15, -0.1) is 0 Å². The van der Waals surface area contributed by atoms with Gasteiger partial charge in [-0.1, -0.05) is 72.4 Å². The molecule has 0 bridgehead atoms. The maximum Gasteiger partial charge on any atom is 0.248 e. The van der Waals surface area contributed by atoms with E-state index in [1.54, 1.807) is 0 Å². The van der Waals surface area contributed by atoms with Gasteiger partial charge >= 0.3 is 0 Å². The second kappa shape index (κ2) is 12.8. The number of fused-ring (bicyclic) bond motifs is 3. The van der Waals surface area contributed by atoms with Crippen LogP contribution in [-0.4, -0.2) is 19.6 Å². The summed E-state index contributed by atoms with van der Waals surface area (Å²) >= 11 is 11.2. The summed E-state index contributed by atoms with van der Waals surface area (Å²) in [5.41, 5.74) is 7.26. The van der Waals surface area contributed by atoms with Gasteiger partial charge in [0.05, 0.1) is 0 Å². The molecule has 1 spiro atoms. The average molecular weight is 893 g/mol. The van der Waals surface area contributed by atoms with Gasteiger partial charge in [-0.05, 0) is 140 Å². The summed E-state index contributed by atoms with van der Waals surface area (Å²) in [7, 11) is 0. The Kier molecular flexibility index (Phi) is 8.41. The summed E-state index contributed by atoms with van der Waals surface area (Å²) in [4.78, 5) is 0. The molecule has 3 nitrogen and oxygen atoms in total. The van der Waals surface area contributed by atoms with Crippen molar-refractivity contribution >= 4 is 80.5 Å². The molecule has 0 saturated heterocycles. The van der Waals surface area contributed by atoms with Crippen LogP contribution >= 0.6 is 47.8 Å². The molecule has 8 heteroatoms. The van der Waals surface area contributed by atoms with Gasteiger partial charge in [0.1, 0.15) is 0 Å². The molecule has 52 heavy (non-hydrogen) atoms. The molecular weight excluding hydrogens is 848 g/mol. The molecule has 4 saturated carbocycles. The third kappa shape index (κ3) is 5.87. The summed E-state index contributed by atoms with van der Waals surface area (Å²) in [6.45, 7) is 0. The molecule has 0 aliphatic heterocycles. The van der Waals surface area contributed by atoms with Crippen LogP contribution in [0.25, 0.3) is 32.7 Å². The zero-order valence-corrected chi connectivity index (χ0v) is 34.1. The molecule has 0 amide bonds. The SMILES string of the molecule is FC1(F)CCC(n2cc(C3CC34CCC(n3cc(C5CCCC(n6ccc7ccc(Br)cc76)C5)c5ccc(Br)cc53)CC4)c3ccc(Br)cc32)CC1. The Morgan fingerprint density at radius 1 is 0.577 bits per heavy atom. The van der Waals surface area contributed by atoms with Gasteiger partial charge in [0, 0.05) is 90.3 Å². The van der Waals surface area contributed by atoms with E-state index in [1.807, 2.05) is 0 Å². The van der Waals surface area contributed by atoms with E-state index in [4.69, 9.17) is 0 Å². The summed E-state index contributed by atoms with van der Waals surface area (Å²) in [5, 5.41) is 4.06. The highest BCUT2D eigenvalue weighted by molar-refractivity contribution is 9.11. The molecule has 3 aromatic carbocycles. The molecule has 4 aliphatic rings. The Bertz CT molecular complexity index is 2320. The van der Waals surface area contributed by atoms with Crippen molar-refractivity contribution in [1.29, 1.82) is 0 Å². The van der Waals surface area contributed by atoms with Gasteiger partial charge in [-0.25, -0.2) is 8.78 Å². The van der Waals surface area contributed by atoms with Crippen LogP contribution in [0.2, 0.25) is 0 Å². The summed E-state index contributed by atoms with van der Waals surface area (Å²) in [6, 6.07) is 23.6. The van der Waals surface area contributed by atoms with Crippen LogP contribution in [0.4, 0.5) is 8.78 Å². The Labute approximate surface area is 329 Å². The second-order valence-corrected chi connectivity index (χ2v) is 19.4. The molecule has 3 heterocycles. The Morgan fingerprint density at radius 3 is 1.83 bits per heavy atom. The largest absolute Gasteiger partial charge is 0.344 e. The predicted molar refractivity (Wildman–Crippen MR) is 219 cm³/mol. The zero-order chi connectivity index (χ0) is 35.4. The fourth-order valence-electron chi connectivity index (χ4n) is 10.9. The first-order valence-corrected chi connectivity index (χ1v) is 21.8. The Hall–Kier alpha value is -2.42. The van der Waals surface area contributed by atoms with E-state index in [0.29, 0.717) is 42.2 Å². The van der Waals surface area contributed by atoms with Crippen molar-refractivity contribution in [2.45, 2.75) is 119 Å². The van der Waals surface area contributed by atoms with E-state index >= 15 is 0 Å². The minimum Gasteiger partial charge on any atom is -0.344 e. The molecule has 0 N–H and O–H groups in total. The van der Waals surface area contributed by atoms with E-state index in [0.717, 1.165) is 13.4 Å². The van der Waals surface area contributed by atoms with Gasteiger partial charge in [0.2, 0.25) is 5.92 Å². The average Bonchev–Trinajstić information content (AvgIpc) is 3.41. The standard InChI is InChI=1S/C44H44Br3F2N3/c45-29-5-4-27-14-19-50(40(27)21-29)34-3-1-2-28(20-34)37-25-51(41-22-30(46)6-8-35(37)41)32-10-15-43(16-11-32)24-39(43)38-26-52(33-12-17-44(48,49)18-13-33)42-23-31(47)7-9-36(38)42/h4-9,14,19,21-23,25-26,28,32-34,39H,1-3,10-13,15-18,20,24H2. The highest BCUT2D eigenvalue weighted by Gasteiger charge is 2.56. The molecule has 6 aromatic rings. The van der Waals surface area contributed by atoms with Gasteiger partial charge in [0.15, 0.2) is 0 Å². The van der Waals surface area contributed by atoms with Crippen molar-refractivity contribution in [1.82, 2.24) is 13.7 Å². The van der Waals surface area contributed by atoms with E-state index in [-0.39, 0.29) is 18.9 Å². The molecule has 0 radical (unpaired) electrons. The minimum absolute atomic E-state index is 0.00834. The monoisotopic (exact) mass is 889 g/mol. The van der Waals surface area contributed by atoms with Crippen LogP contribution in [-0.2, 0) is 0 Å². The lowest BCUT2D eigenvalue weighted by Crippen LogP contribution is -2.26. The Morgan fingerprint density at radius 2 is 1.15 bits per heavy atom. The minimum atomic E-state index is -2.52. The molecule has 4 aliphatic carbocycles. The lowest BCUT2D eigenvalue weighted by molar-refractivity contribution is -0.0435. The topological polar surface area (TPSA) is 14.8 Å². The molecule has 3 unspecified atom stereocenters. The van der Waals surface area contributed by atoms with Gasteiger partial charge in [0.25, 0.3) is 0 Å². The van der Waals surface area contributed by atoms with Crippen molar-refractivity contribution in [3.05, 3.63) is 104 Å². The normalized spacial score (nSPS) is 25.1. The van der Waals surface area contributed by atoms with E-state index in [1.165, 1.54) is 102 Å². The molecule has 270 valence electrons. The first-order chi connectivity index (χ1) is 25.1. The Balaban J connectivity index is 0.902. The van der Waals surface area contributed by atoms with Crippen molar-refractivity contribution in [3.8, 4) is 0 Å². The van der Waals surface area contributed by atoms with E-state index in [2.05, 4.69) is 141 Å². The van der Waals surface area contributed by atoms with Gasteiger partial charge in [-0.3, -0.25) is 0 Å². The van der Waals surface area contributed by atoms with Crippen molar-refractivity contribution in [2.75, 3.05) is 0 Å². The lowest BCUT2D eigenvalue weighted by atomic mass is 9.80. The molecule has 4 fully saturated rings. The van der Waals surface area contributed by atoms with Crippen molar-refractivity contribution in [2.24, 2.45) is 5.41 Å². The van der Waals surface area contributed by atoms with Crippen LogP contribution in [0, 0.1) is 5.41 Å². The van der Waals surface area contributed by atoms with Gasteiger partial charge < -0.3 is 13.7 Å². The molecular formula is C44H44Br3F2N3. The zero-order valence-electron chi connectivity index (χ0n) is 29.3. The number of rotatable bonds is 5. The van der Waals surface area contributed by atoms with Crippen molar-refractivity contribution < 1.29 is 8.78 Å². The molecule has 3 aromatic heterocycles. The van der Waals surface area contributed by atoms with Gasteiger partial charge in [-0.2, -0.15) is 0 Å². The first-order valence-electron chi connectivity index (χ1n) is 19.4. The van der Waals surface area contributed by atoms with Crippen LogP contribution < -0.4 is 0 Å². The number of hydrogen-bond donors (Lipinski definition) is 0.